The second kappa shape index (κ2) is 11.8. The molecule has 4 atom stereocenters. The number of ether oxygens (including phenoxy) is 1. The summed E-state index contributed by atoms with van der Waals surface area (Å²) in [7, 11) is -5.28. The number of aliphatic hydroxyl groups is 4. The van der Waals surface area contributed by atoms with Crippen molar-refractivity contribution in [1.82, 2.24) is 5.32 Å². The number of anilines is 1. The van der Waals surface area contributed by atoms with Crippen molar-refractivity contribution in [1.29, 1.82) is 0 Å². The predicted octanol–water partition coefficient (Wildman–Crippen LogP) is -0.584. The zero-order valence-electron chi connectivity index (χ0n) is 18.7. The van der Waals surface area contributed by atoms with Crippen LogP contribution in [0.5, 0.6) is 11.5 Å². The van der Waals surface area contributed by atoms with E-state index in [1.807, 2.05) is 6.07 Å². The summed E-state index contributed by atoms with van der Waals surface area (Å²) in [4.78, 5) is 26.5. The number of rotatable bonds is 10. The minimum atomic E-state index is -5.28. The topological polar surface area (TPSA) is 203 Å². The van der Waals surface area contributed by atoms with Crippen LogP contribution < -0.4 is 15.0 Å². The van der Waals surface area contributed by atoms with Gasteiger partial charge < -0.3 is 25.2 Å². The summed E-state index contributed by atoms with van der Waals surface area (Å²) in [5.41, 5.74) is -0.516. The first-order chi connectivity index (χ1) is 17.4. The highest BCUT2D eigenvalue weighted by Gasteiger charge is 2.39. The predicted molar refractivity (Wildman–Crippen MR) is 131 cm³/mol. The first-order valence-corrected chi connectivity index (χ1v) is 12.2. The lowest BCUT2D eigenvalue weighted by Gasteiger charge is -2.30. The Morgan fingerprint density at radius 1 is 1.00 bits per heavy atom. The molecule has 0 aromatic heterocycles. The molecule has 1 fully saturated rings. The fraction of sp³-hybridized carbons (Fsp3) is 0.227. The lowest BCUT2D eigenvalue weighted by molar-refractivity contribution is -0.122. The van der Waals surface area contributed by atoms with E-state index in [0.717, 1.165) is 4.90 Å². The largest absolute Gasteiger partial charge is 0.457 e. The number of benzene rings is 2. The fourth-order valence-corrected chi connectivity index (χ4v) is 4.04. The Balaban J connectivity index is 1.88. The molecule has 0 saturated carbocycles. The van der Waals surface area contributed by atoms with Crippen LogP contribution in [0.15, 0.2) is 66.2 Å². The van der Waals surface area contributed by atoms with Gasteiger partial charge in [0.05, 0.1) is 12.3 Å². The van der Waals surface area contributed by atoms with Crippen molar-refractivity contribution in [2.24, 2.45) is 0 Å². The van der Waals surface area contributed by atoms with E-state index in [4.69, 9.17) is 26.6 Å². The van der Waals surface area contributed by atoms with Crippen molar-refractivity contribution < 1.29 is 51.9 Å². The van der Waals surface area contributed by atoms with Crippen molar-refractivity contribution in [2.45, 2.75) is 24.4 Å². The standard InChI is InChI=1S/C22H22N2O11S2/c25-11-17(27)18(28)19(35-37(31,32)33)16(26)10-15-20(29)23-22(36)24(21(15)30)12-6-8-14(9-7-12)34-13-4-2-1-3-5-13/h1-10,16-19,25-28H,11H2,(H,23,29,36)(H,31,32,33)/b15-10+/t16-,17+,18+,19+/m0/s1. The third-order valence-electron chi connectivity index (χ3n) is 5.00. The Labute approximate surface area is 216 Å². The number of nitrogens with one attached hydrogen (secondary N) is 1. The molecule has 0 aliphatic carbocycles. The highest BCUT2D eigenvalue weighted by Crippen LogP contribution is 2.27. The van der Waals surface area contributed by atoms with E-state index in [0.29, 0.717) is 17.6 Å². The van der Waals surface area contributed by atoms with Gasteiger partial charge in [0, 0.05) is 0 Å². The zero-order chi connectivity index (χ0) is 27.3. The van der Waals surface area contributed by atoms with Gasteiger partial charge in [0.25, 0.3) is 11.8 Å². The van der Waals surface area contributed by atoms with Crippen molar-refractivity contribution in [3.05, 3.63) is 66.2 Å². The molecule has 6 N–H and O–H groups in total. The third-order valence-corrected chi connectivity index (χ3v) is 5.75. The molecule has 0 bridgehead atoms. The molecular formula is C22H22N2O11S2. The summed E-state index contributed by atoms with van der Waals surface area (Å²) in [5, 5.41) is 41.1. The highest BCUT2D eigenvalue weighted by atomic mass is 32.3. The first-order valence-electron chi connectivity index (χ1n) is 10.5. The lowest BCUT2D eigenvalue weighted by Crippen LogP contribution is -2.55. The van der Waals surface area contributed by atoms with Gasteiger partial charge in [-0.3, -0.25) is 24.4 Å². The summed E-state index contributed by atoms with van der Waals surface area (Å²) in [5.74, 6) is -1.08. The van der Waals surface area contributed by atoms with Crippen LogP contribution in [0.2, 0.25) is 0 Å². The van der Waals surface area contributed by atoms with Crippen LogP contribution in [0.1, 0.15) is 0 Å². The molecule has 37 heavy (non-hydrogen) atoms. The van der Waals surface area contributed by atoms with Gasteiger partial charge in [0.1, 0.15) is 41.5 Å². The van der Waals surface area contributed by atoms with Crippen LogP contribution >= 0.6 is 12.2 Å². The molecule has 0 radical (unpaired) electrons. The van der Waals surface area contributed by atoms with Crippen LogP contribution in [0.25, 0.3) is 0 Å². The van der Waals surface area contributed by atoms with Crippen molar-refractivity contribution >= 4 is 45.2 Å². The van der Waals surface area contributed by atoms with Crippen LogP contribution in [0.3, 0.4) is 0 Å². The van der Waals surface area contributed by atoms with Crippen LogP contribution in [-0.2, 0) is 24.2 Å². The summed E-state index contributed by atoms with van der Waals surface area (Å²) in [6.45, 7) is -1.07. The SMILES string of the molecule is O=C1NC(=S)N(c2ccc(Oc3ccccc3)cc2)C(=O)/C1=C/[C@H](O)[C@@H](OS(=O)(=O)O)[C@H](O)[C@H](O)CO. The number of aliphatic hydroxyl groups excluding tert-OH is 4. The van der Waals surface area contributed by atoms with E-state index in [2.05, 4.69) is 9.50 Å². The molecule has 2 aromatic carbocycles. The molecule has 3 rings (SSSR count). The minimum Gasteiger partial charge on any atom is -0.457 e. The van der Waals surface area contributed by atoms with Gasteiger partial charge in [-0.25, -0.2) is 4.18 Å². The number of amides is 2. The Kier molecular flexibility index (Phi) is 9.06. The third kappa shape index (κ3) is 7.15. The number of hydrogen-bond donors (Lipinski definition) is 6. The Bertz CT molecular complexity index is 1280. The maximum atomic E-state index is 13.1. The number of thiocarbonyl (C=S) groups is 1. The van der Waals surface area contributed by atoms with Crippen LogP contribution in [-0.4, -0.2) is 81.3 Å². The van der Waals surface area contributed by atoms with Gasteiger partial charge in [-0.15, -0.1) is 0 Å². The highest BCUT2D eigenvalue weighted by molar-refractivity contribution is 7.81. The Morgan fingerprint density at radius 3 is 2.16 bits per heavy atom. The smallest absolute Gasteiger partial charge is 0.397 e. The summed E-state index contributed by atoms with van der Waals surface area (Å²) in [6.07, 6.45) is -8.24. The van der Waals surface area contributed by atoms with E-state index in [1.165, 1.54) is 24.3 Å². The monoisotopic (exact) mass is 554 g/mol. The van der Waals surface area contributed by atoms with Gasteiger partial charge in [0.2, 0.25) is 0 Å². The number of carbonyl (C=O) groups excluding carboxylic acids is 2. The van der Waals surface area contributed by atoms with Crippen molar-refractivity contribution in [3.63, 3.8) is 0 Å². The Hall–Kier alpha value is -3.28. The number of para-hydroxylation sites is 1. The lowest BCUT2D eigenvalue weighted by atomic mass is 10.00. The first kappa shape index (κ1) is 28.3. The molecule has 1 aliphatic rings. The molecular weight excluding hydrogens is 532 g/mol. The second-order valence-corrected chi connectivity index (χ2v) is 9.04. The van der Waals surface area contributed by atoms with Crippen molar-refractivity contribution in [3.8, 4) is 11.5 Å². The summed E-state index contributed by atoms with van der Waals surface area (Å²) in [6, 6.07) is 14.9. The number of nitrogens with zero attached hydrogens (tertiary/aromatic N) is 1. The van der Waals surface area contributed by atoms with E-state index in [1.54, 1.807) is 24.3 Å². The number of carbonyl (C=O) groups is 2. The van der Waals surface area contributed by atoms with Crippen molar-refractivity contribution in [2.75, 3.05) is 11.5 Å². The quantitative estimate of drug-likeness (QED) is 0.0945. The molecule has 15 heteroatoms. The minimum absolute atomic E-state index is 0.206. The molecule has 1 saturated heterocycles. The fourth-order valence-electron chi connectivity index (χ4n) is 3.25. The van der Waals surface area contributed by atoms with E-state index >= 15 is 0 Å². The number of hydrogen-bond acceptors (Lipinski definition) is 11. The van der Waals surface area contributed by atoms with Crippen LogP contribution in [0, 0.1) is 0 Å². The van der Waals surface area contributed by atoms with Gasteiger partial charge >= 0.3 is 10.4 Å². The molecule has 198 valence electrons. The van der Waals surface area contributed by atoms with Gasteiger partial charge in [-0.2, -0.15) is 8.42 Å². The van der Waals surface area contributed by atoms with Gasteiger partial charge in [-0.05, 0) is 54.7 Å². The Morgan fingerprint density at radius 2 is 1.59 bits per heavy atom. The second-order valence-electron chi connectivity index (χ2n) is 7.61. The normalized spacial score (nSPS) is 18.8. The average molecular weight is 555 g/mol. The molecule has 1 heterocycles. The summed E-state index contributed by atoms with van der Waals surface area (Å²) < 4.78 is 41.2. The molecule has 0 spiro atoms. The maximum Gasteiger partial charge on any atom is 0.397 e. The molecule has 2 aromatic rings. The zero-order valence-corrected chi connectivity index (χ0v) is 20.4. The van der Waals surface area contributed by atoms with E-state index < -0.39 is 58.8 Å². The van der Waals surface area contributed by atoms with E-state index in [-0.39, 0.29) is 10.8 Å². The summed E-state index contributed by atoms with van der Waals surface area (Å²) >= 11 is 5.10. The maximum absolute atomic E-state index is 13.1. The van der Waals surface area contributed by atoms with E-state index in [9.17, 15) is 33.3 Å². The molecule has 1 aliphatic heterocycles. The molecule has 13 nitrogen and oxygen atoms in total. The molecule has 0 unspecified atom stereocenters. The van der Waals surface area contributed by atoms with Crippen LogP contribution in [0.4, 0.5) is 5.69 Å². The van der Waals surface area contributed by atoms with Gasteiger partial charge in [0.15, 0.2) is 5.11 Å². The van der Waals surface area contributed by atoms with Gasteiger partial charge in [-0.1, -0.05) is 18.2 Å². The molecule has 2 amide bonds. The average Bonchev–Trinajstić information content (AvgIpc) is 2.85.